The van der Waals surface area contributed by atoms with Crippen molar-refractivity contribution in [3.05, 3.63) is 53.7 Å². The lowest BCUT2D eigenvalue weighted by atomic mass is 10.2. The Morgan fingerprint density at radius 1 is 1.12 bits per heavy atom. The number of benzene rings is 1. The molecular formula is C17H18F2N4O2S. The summed E-state index contributed by atoms with van der Waals surface area (Å²) in [4.78, 5) is 4.15. The van der Waals surface area contributed by atoms with Gasteiger partial charge in [0.2, 0.25) is 10.0 Å². The van der Waals surface area contributed by atoms with Crippen LogP contribution in [-0.2, 0) is 10.0 Å². The van der Waals surface area contributed by atoms with Crippen LogP contribution in [0.3, 0.4) is 0 Å². The van der Waals surface area contributed by atoms with Gasteiger partial charge in [-0.3, -0.25) is 5.43 Å². The summed E-state index contributed by atoms with van der Waals surface area (Å²) in [5.74, 6) is -1.09. The molecule has 3 rings (SSSR count). The van der Waals surface area contributed by atoms with Gasteiger partial charge in [0.15, 0.2) is 0 Å². The maximum Gasteiger partial charge on any atom is 0.244 e. The van der Waals surface area contributed by atoms with E-state index in [0.29, 0.717) is 18.9 Å². The van der Waals surface area contributed by atoms with Crippen LogP contribution in [0.15, 0.2) is 46.5 Å². The monoisotopic (exact) mass is 380 g/mol. The highest BCUT2D eigenvalue weighted by Crippen LogP contribution is 2.20. The quantitative estimate of drug-likeness (QED) is 0.639. The normalized spacial score (nSPS) is 16.1. The third-order valence-corrected chi connectivity index (χ3v) is 5.92. The number of anilines is 1. The summed E-state index contributed by atoms with van der Waals surface area (Å²) in [5, 5.41) is 3.82. The van der Waals surface area contributed by atoms with E-state index in [4.69, 9.17) is 0 Å². The van der Waals surface area contributed by atoms with Crippen molar-refractivity contribution in [1.82, 2.24) is 9.29 Å². The molecule has 0 spiro atoms. The van der Waals surface area contributed by atoms with Gasteiger partial charge < -0.3 is 0 Å². The second kappa shape index (κ2) is 7.88. The van der Waals surface area contributed by atoms with Crippen LogP contribution >= 0.6 is 0 Å². The number of hydrogen-bond donors (Lipinski definition) is 1. The van der Waals surface area contributed by atoms with Gasteiger partial charge in [0.05, 0.1) is 6.21 Å². The molecule has 0 atom stereocenters. The van der Waals surface area contributed by atoms with Crippen molar-refractivity contribution in [2.24, 2.45) is 5.10 Å². The van der Waals surface area contributed by atoms with E-state index >= 15 is 0 Å². The Kier molecular flexibility index (Phi) is 5.58. The second-order valence-electron chi connectivity index (χ2n) is 5.88. The predicted molar refractivity (Wildman–Crippen MR) is 94.4 cm³/mol. The molecule has 1 N–H and O–H groups in total. The number of aromatic nitrogens is 1. The third kappa shape index (κ3) is 4.23. The zero-order valence-corrected chi connectivity index (χ0v) is 14.7. The van der Waals surface area contributed by atoms with Crippen LogP contribution in [0.25, 0.3) is 0 Å². The average Bonchev–Trinajstić information content (AvgIpc) is 2.65. The minimum Gasteiger partial charge on any atom is -0.261 e. The zero-order chi connectivity index (χ0) is 18.6. The predicted octanol–water partition coefficient (Wildman–Crippen LogP) is 2.98. The molecule has 1 aromatic heterocycles. The Morgan fingerprint density at radius 3 is 2.54 bits per heavy atom. The minimum absolute atomic E-state index is 0.114. The van der Waals surface area contributed by atoms with Gasteiger partial charge in [-0.1, -0.05) is 6.42 Å². The van der Waals surface area contributed by atoms with E-state index < -0.39 is 21.7 Å². The third-order valence-electron chi connectivity index (χ3n) is 4.03. The fourth-order valence-electron chi connectivity index (χ4n) is 2.63. The fraction of sp³-hybridized carbons (Fsp3) is 0.294. The molecule has 1 aromatic carbocycles. The number of hydrogen-bond acceptors (Lipinski definition) is 5. The van der Waals surface area contributed by atoms with Crippen molar-refractivity contribution in [1.29, 1.82) is 0 Å². The number of nitrogens with one attached hydrogen (secondary N) is 1. The van der Waals surface area contributed by atoms with Crippen LogP contribution in [0.5, 0.6) is 0 Å². The number of rotatable bonds is 5. The first-order valence-electron chi connectivity index (χ1n) is 8.17. The number of hydrazone groups is 1. The van der Waals surface area contributed by atoms with Crippen LogP contribution in [0.2, 0.25) is 0 Å². The van der Waals surface area contributed by atoms with Gasteiger partial charge in [0.25, 0.3) is 0 Å². The first kappa shape index (κ1) is 18.4. The molecule has 1 aliphatic rings. The van der Waals surface area contributed by atoms with E-state index in [1.54, 1.807) is 0 Å². The summed E-state index contributed by atoms with van der Waals surface area (Å²) in [6, 6.07) is 6.09. The van der Waals surface area contributed by atoms with Crippen molar-refractivity contribution >= 4 is 22.1 Å². The summed E-state index contributed by atoms with van der Waals surface area (Å²) in [6.45, 7) is 1.05. The van der Waals surface area contributed by atoms with Gasteiger partial charge in [0.1, 0.15) is 22.3 Å². The standard InChI is InChI=1S/C17H18F2N4O2S/c18-14-5-4-13(16(19)10-14)11-21-22-17-7-6-15(12-20-17)26(24,25)23-8-2-1-3-9-23/h4-7,10-12H,1-3,8-9H2,(H,20,22). The van der Waals surface area contributed by atoms with E-state index in [9.17, 15) is 17.2 Å². The minimum atomic E-state index is -3.53. The lowest BCUT2D eigenvalue weighted by Crippen LogP contribution is -2.35. The molecule has 26 heavy (non-hydrogen) atoms. The van der Waals surface area contributed by atoms with Crippen LogP contribution in [0.1, 0.15) is 24.8 Å². The van der Waals surface area contributed by atoms with Crippen molar-refractivity contribution < 1.29 is 17.2 Å². The highest BCUT2D eigenvalue weighted by molar-refractivity contribution is 7.89. The van der Waals surface area contributed by atoms with Crippen LogP contribution in [-0.4, -0.2) is 37.0 Å². The van der Waals surface area contributed by atoms with Crippen molar-refractivity contribution in [3.63, 3.8) is 0 Å². The summed E-state index contributed by atoms with van der Waals surface area (Å²) in [7, 11) is -3.53. The first-order valence-corrected chi connectivity index (χ1v) is 9.61. The largest absolute Gasteiger partial charge is 0.261 e. The van der Waals surface area contributed by atoms with Gasteiger partial charge in [-0.25, -0.2) is 22.2 Å². The Labute approximate surface area is 150 Å². The molecule has 0 bridgehead atoms. The highest BCUT2D eigenvalue weighted by Gasteiger charge is 2.26. The van der Waals surface area contributed by atoms with Gasteiger partial charge in [-0.2, -0.15) is 9.41 Å². The summed E-state index contributed by atoms with van der Waals surface area (Å²) >= 11 is 0. The van der Waals surface area contributed by atoms with Crippen molar-refractivity contribution in [2.45, 2.75) is 24.2 Å². The fourth-order valence-corrected chi connectivity index (χ4v) is 4.09. The molecule has 2 aromatic rings. The molecule has 6 nitrogen and oxygen atoms in total. The van der Waals surface area contributed by atoms with Crippen molar-refractivity contribution in [3.8, 4) is 0 Å². The summed E-state index contributed by atoms with van der Waals surface area (Å²) in [5.41, 5.74) is 2.70. The van der Waals surface area contributed by atoms with Gasteiger partial charge in [0, 0.05) is 30.9 Å². The lowest BCUT2D eigenvalue weighted by molar-refractivity contribution is 0.346. The molecule has 0 unspecified atom stereocenters. The maximum absolute atomic E-state index is 13.5. The molecule has 0 radical (unpaired) electrons. The van der Waals surface area contributed by atoms with Gasteiger partial charge in [-0.05, 0) is 37.1 Å². The number of pyridine rings is 1. The molecule has 0 saturated carbocycles. The smallest absolute Gasteiger partial charge is 0.244 e. The molecule has 0 aliphatic carbocycles. The zero-order valence-electron chi connectivity index (χ0n) is 13.9. The van der Waals surface area contributed by atoms with Gasteiger partial charge >= 0.3 is 0 Å². The molecular weight excluding hydrogens is 362 g/mol. The highest BCUT2D eigenvalue weighted by atomic mass is 32.2. The number of sulfonamides is 1. The summed E-state index contributed by atoms with van der Waals surface area (Å²) in [6.07, 6.45) is 5.22. The van der Waals surface area contributed by atoms with E-state index in [0.717, 1.165) is 31.4 Å². The molecule has 9 heteroatoms. The summed E-state index contributed by atoms with van der Waals surface area (Å²) < 4.78 is 52.9. The number of piperidine rings is 1. The first-order chi connectivity index (χ1) is 12.5. The van der Waals surface area contributed by atoms with Gasteiger partial charge in [-0.15, -0.1) is 0 Å². The van der Waals surface area contributed by atoms with Crippen LogP contribution in [0.4, 0.5) is 14.6 Å². The second-order valence-corrected chi connectivity index (χ2v) is 7.82. The number of halogens is 2. The molecule has 0 amide bonds. The molecule has 2 heterocycles. The lowest BCUT2D eigenvalue weighted by Gasteiger charge is -2.25. The Hall–Kier alpha value is -2.39. The Morgan fingerprint density at radius 2 is 1.88 bits per heavy atom. The average molecular weight is 380 g/mol. The van der Waals surface area contributed by atoms with E-state index in [1.165, 1.54) is 34.9 Å². The van der Waals surface area contributed by atoms with E-state index in [-0.39, 0.29) is 10.5 Å². The molecule has 1 aliphatic heterocycles. The Balaban J connectivity index is 1.66. The molecule has 138 valence electrons. The van der Waals surface area contributed by atoms with Crippen molar-refractivity contribution in [2.75, 3.05) is 18.5 Å². The topological polar surface area (TPSA) is 74.7 Å². The maximum atomic E-state index is 13.5. The molecule has 1 fully saturated rings. The van der Waals surface area contributed by atoms with E-state index in [1.807, 2.05) is 0 Å². The Bertz CT molecular complexity index is 895. The number of nitrogens with zero attached hydrogens (tertiary/aromatic N) is 3. The molecule has 1 saturated heterocycles. The van der Waals surface area contributed by atoms with Crippen LogP contribution < -0.4 is 5.43 Å². The van der Waals surface area contributed by atoms with E-state index in [2.05, 4.69) is 15.5 Å². The SMILES string of the molecule is O=S(=O)(c1ccc(NN=Cc2ccc(F)cc2F)nc1)N1CCCCC1. The van der Waals surface area contributed by atoms with Crippen LogP contribution in [0, 0.1) is 11.6 Å².